The second-order valence-electron chi connectivity index (χ2n) is 4.68. The molecule has 9 heteroatoms. The van der Waals surface area contributed by atoms with E-state index in [4.69, 9.17) is 33.7 Å². The van der Waals surface area contributed by atoms with Crippen LogP contribution < -0.4 is 10.5 Å². The summed E-state index contributed by atoms with van der Waals surface area (Å²) in [5.74, 6) is 0.339. The number of nitrogens with zero attached hydrogens (tertiary/aromatic N) is 1. The third-order valence-corrected chi connectivity index (χ3v) is 5.87. The van der Waals surface area contributed by atoms with Crippen LogP contribution in [0.5, 0.6) is 5.75 Å². The van der Waals surface area contributed by atoms with E-state index in [0.29, 0.717) is 18.8 Å². The van der Waals surface area contributed by atoms with E-state index in [1.807, 2.05) is 0 Å². The van der Waals surface area contributed by atoms with Gasteiger partial charge in [0.25, 0.3) is 0 Å². The number of methoxy groups -OCH3 is 1. The summed E-state index contributed by atoms with van der Waals surface area (Å²) in [5, 5.41) is 0.294. The van der Waals surface area contributed by atoms with Crippen LogP contribution >= 0.6 is 35.6 Å². The standard InChI is InChI=1S/C12H16Cl2N2O3S.ClH/c1-19-11-5-10(14)12(6-9(11)13)20(17,18)16-4-2-3-8(15)7-16;/h5-6,8H,2-4,7,15H2,1H3;1H. The van der Waals surface area contributed by atoms with Crippen LogP contribution in [0.4, 0.5) is 0 Å². The maximum Gasteiger partial charge on any atom is 0.244 e. The van der Waals surface area contributed by atoms with E-state index < -0.39 is 10.0 Å². The smallest absolute Gasteiger partial charge is 0.244 e. The molecule has 1 unspecified atom stereocenters. The summed E-state index contributed by atoms with van der Waals surface area (Å²) in [6.07, 6.45) is 1.56. The van der Waals surface area contributed by atoms with Gasteiger partial charge in [-0.05, 0) is 18.9 Å². The van der Waals surface area contributed by atoms with Crippen molar-refractivity contribution in [3.63, 3.8) is 0 Å². The normalized spacial score (nSPS) is 19.9. The predicted molar refractivity (Wildman–Crippen MR) is 86.2 cm³/mol. The molecule has 0 spiro atoms. The van der Waals surface area contributed by atoms with Crippen molar-refractivity contribution < 1.29 is 13.2 Å². The minimum atomic E-state index is -3.69. The molecule has 5 nitrogen and oxygen atoms in total. The first-order chi connectivity index (χ1) is 9.36. The number of halogens is 3. The van der Waals surface area contributed by atoms with E-state index in [1.165, 1.54) is 23.5 Å². The molecule has 0 radical (unpaired) electrons. The highest BCUT2D eigenvalue weighted by molar-refractivity contribution is 7.89. The van der Waals surface area contributed by atoms with Gasteiger partial charge in [-0.1, -0.05) is 23.2 Å². The minimum Gasteiger partial charge on any atom is -0.495 e. The summed E-state index contributed by atoms with van der Waals surface area (Å²) >= 11 is 12.0. The first kappa shape index (κ1) is 18.8. The number of piperidine rings is 1. The third-order valence-electron chi connectivity index (χ3n) is 3.24. The lowest BCUT2D eigenvalue weighted by Crippen LogP contribution is -2.45. The fourth-order valence-corrected chi connectivity index (χ4v) is 4.55. The molecule has 21 heavy (non-hydrogen) atoms. The number of ether oxygens (including phenoxy) is 1. The number of rotatable bonds is 3. The zero-order chi connectivity index (χ0) is 14.9. The van der Waals surface area contributed by atoms with Crippen molar-refractivity contribution in [2.45, 2.75) is 23.8 Å². The second-order valence-corrected chi connectivity index (χ2v) is 7.40. The monoisotopic (exact) mass is 374 g/mol. The fraction of sp³-hybridized carbons (Fsp3) is 0.500. The molecule has 120 valence electrons. The molecule has 0 aliphatic carbocycles. The molecule has 1 aromatic rings. The predicted octanol–water partition coefficient (Wildman–Crippen LogP) is 2.54. The van der Waals surface area contributed by atoms with Crippen LogP contribution in [0.1, 0.15) is 12.8 Å². The van der Waals surface area contributed by atoms with Gasteiger partial charge < -0.3 is 10.5 Å². The van der Waals surface area contributed by atoms with E-state index in [9.17, 15) is 8.42 Å². The molecule has 1 aromatic carbocycles. The summed E-state index contributed by atoms with van der Waals surface area (Å²) in [6.45, 7) is 0.734. The molecule has 1 aliphatic heterocycles. The van der Waals surface area contributed by atoms with Gasteiger partial charge >= 0.3 is 0 Å². The average molecular weight is 376 g/mol. The second kappa shape index (κ2) is 7.35. The van der Waals surface area contributed by atoms with Crippen molar-refractivity contribution in [3.8, 4) is 5.75 Å². The van der Waals surface area contributed by atoms with Gasteiger partial charge in [0.05, 0.1) is 17.2 Å². The molecule has 1 aliphatic rings. The Morgan fingerprint density at radius 1 is 1.33 bits per heavy atom. The highest BCUT2D eigenvalue weighted by Gasteiger charge is 2.31. The Bertz CT molecular complexity index is 610. The van der Waals surface area contributed by atoms with Crippen LogP contribution in [-0.2, 0) is 10.0 Å². The lowest BCUT2D eigenvalue weighted by Gasteiger charge is -2.30. The lowest BCUT2D eigenvalue weighted by molar-refractivity contribution is 0.316. The van der Waals surface area contributed by atoms with E-state index in [-0.39, 0.29) is 33.4 Å². The van der Waals surface area contributed by atoms with Crippen LogP contribution in [0.25, 0.3) is 0 Å². The van der Waals surface area contributed by atoms with Gasteiger partial charge in [0.2, 0.25) is 10.0 Å². The van der Waals surface area contributed by atoms with Gasteiger partial charge in [-0.2, -0.15) is 4.31 Å². The zero-order valence-electron chi connectivity index (χ0n) is 11.4. The number of hydrogen-bond acceptors (Lipinski definition) is 4. The molecule has 2 rings (SSSR count). The minimum absolute atomic E-state index is 0. The fourth-order valence-electron chi connectivity index (χ4n) is 2.20. The highest BCUT2D eigenvalue weighted by Crippen LogP contribution is 2.35. The van der Waals surface area contributed by atoms with E-state index in [1.54, 1.807) is 0 Å². The van der Waals surface area contributed by atoms with Gasteiger partial charge in [0.15, 0.2) is 0 Å². The largest absolute Gasteiger partial charge is 0.495 e. The molecule has 0 aromatic heterocycles. The van der Waals surface area contributed by atoms with Crippen molar-refractivity contribution in [3.05, 3.63) is 22.2 Å². The molecular weight excluding hydrogens is 359 g/mol. The van der Waals surface area contributed by atoms with Gasteiger partial charge in [-0.15, -0.1) is 12.4 Å². The number of benzene rings is 1. The number of nitrogens with two attached hydrogens (primary N) is 1. The Balaban J connectivity index is 0.00000220. The molecule has 0 saturated carbocycles. The Morgan fingerprint density at radius 2 is 2.00 bits per heavy atom. The Kier molecular flexibility index (Phi) is 6.58. The Labute approximate surface area is 140 Å². The van der Waals surface area contributed by atoms with E-state index >= 15 is 0 Å². The van der Waals surface area contributed by atoms with Gasteiger partial charge in [-0.25, -0.2) is 8.42 Å². The van der Waals surface area contributed by atoms with E-state index in [0.717, 1.165) is 12.8 Å². The van der Waals surface area contributed by atoms with Crippen LogP contribution in [0, 0.1) is 0 Å². The molecule has 1 saturated heterocycles. The molecular formula is C12H17Cl3N2O3S. The Hall–Kier alpha value is -0.240. The van der Waals surface area contributed by atoms with Gasteiger partial charge in [0.1, 0.15) is 10.6 Å². The average Bonchev–Trinajstić information content (AvgIpc) is 2.40. The van der Waals surface area contributed by atoms with Crippen molar-refractivity contribution >= 4 is 45.6 Å². The molecule has 1 heterocycles. The lowest BCUT2D eigenvalue weighted by atomic mass is 10.1. The van der Waals surface area contributed by atoms with Crippen LogP contribution in [0.2, 0.25) is 10.0 Å². The van der Waals surface area contributed by atoms with Crippen molar-refractivity contribution in [2.24, 2.45) is 5.73 Å². The maximum absolute atomic E-state index is 12.6. The first-order valence-electron chi connectivity index (χ1n) is 6.15. The molecule has 0 bridgehead atoms. The highest BCUT2D eigenvalue weighted by atomic mass is 35.5. The van der Waals surface area contributed by atoms with Crippen LogP contribution in [-0.4, -0.2) is 39.0 Å². The summed E-state index contributed by atoms with van der Waals surface area (Å²) in [5.41, 5.74) is 5.83. The topological polar surface area (TPSA) is 72.6 Å². The third kappa shape index (κ3) is 3.94. The van der Waals surface area contributed by atoms with E-state index in [2.05, 4.69) is 0 Å². The first-order valence-corrected chi connectivity index (χ1v) is 8.34. The van der Waals surface area contributed by atoms with Crippen molar-refractivity contribution in [1.29, 1.82) is 0 Å². The zero-order valence-corrected chi connectivity index (χ0v) is 14.5. The summed E-state index contributed by atoms with van der Waals surface area (Å²) in [4.78, 5) is -0.0148. The quantitative estimate of drug-likeness (QED) is 0.881. The van der Waals surface area contributed by atoms with Crippen molar-refractivity contribution in [1.82, 2.24) is 4.31 Å². The molecule has 0 amide bonds. The van der Waals surface area contributed by atoms with Gasteiger partial charge in [0, 0.05) is 25.2 Å². The molecule has 1 atom stereocenters. The Morgan fingerprint density at radius 3 is 2.57 bits per heavy atom. The van der Waals surface area contributed by atoms with Crippen LogP contribution in [0.3, 0.4) is 0 Å². The number of hydrogen-bond donors (Lipinski definition) is 1. The molecule has 2 N–H and O–H groups in total. The SMILES string of the molecule is COc1cc(Cl)c(S(=O)(=O)N2CCCC(N)C2)cc1Cl.Cl. The summed E-state index contributed by atoms with van der Waals surface area (Å²) in [7, 11) is -2.25. The summed E-state index contributed by atoms with van der Waals surface area (Å²) in [6, 6.07) is 2.57. The van der Waals surface area contributed by atoms with Crippen molar-refractivity contribution in [2.75, 3.05) is 20.2 Å². The number of sulfonamides is 1. The summed E-state index contributed by atoms with van der Waals surface area (Å²) < 4.78 is 31.5. The van der Waals surface area contributed by atoms with Crippen LogP contribution in [0.15, 0.2) is 17.0 Å². The maximum atomic E-state index is 12.6. The van der Waals surface area contributed by atoms with Gasteiger partial charge in [-0.3, -0.25) is 0 Å². The molecule has 1 fully saturated rings.